The minimum Gasteiger partial charge on any atom is -0.479 e. The number of carboxylic acids is 1. The number of nitrogens with two attached hydrogens (primary N) is 1. The van der Waals surface area contributed by atoms with Crippen LogP contribution in [0.3, 0.4) is 0 Å². The van der Waals surface area contributed by atoms with Crippen molar-refractivity contribution in [2.75, 3.05) is 0 Å². The van der Waals surface area contributed by atoms with E-state index in [0.29, 0.717) is 0 Å². The van der Waals surface area contributed by atoms with Crippen LogP contribution in [-0.2, 0) is 4.79 Å². The fourth-order valence-electron chi connectivity index (χ4n) is 1.08. The molecular formula is C8H13NO2. The van der Waals surface area contributed by atoms with Crippen molar-refractivity contribution in [3.05, 3.63) is 11.6 Å². The molecule has 0 saturated carbocycles. The van der Waals surface area contributed by atoms with Crippen molar-refractivity contribution in [2.45, 2.75) is 31.7 Å². The first-order valence-corrected chi connectivity index (χ1v) is 3.85. The lowest BCUT2D eigenvalue weighted by molar-refractivity contribution is -0.138. The van der Waals surface area contributed by atoms with E-state index in [2.05, 4.69) is 6.92 Å². The lowest BCUT2D eigenvalue weighted by atomic mass is 10.1. The molecule has 3 N–H and O–H groups in total. The van der Waals surface area contributed by atoms with Gasteiger partial charge in [-0.25, -0.2) is 4.79 Å². The average Bonchev–Trinajstić information content (AvgIpc) is 2.59. The normalized spacial score (nSPS) is 28.0. The zero-order chi connectivity index (χ0) is 8.48. The molecule has 0 aromatic heterocycles. The van der Waals surface area contributed by atoms with Crippen LogP contribution in [0.5, 0.6) is 0 Å². The highest BCUT2D eigenvalue weighted by atomic mass is 16.4. The van der Waals surface area contributed by atoms with Crippen LogP contribution in [0.25, 0.3) is 0 Å². The third-order valence-corrected chi connectivity index (χ3v) is 2.00. The molecule has 0 heterocycles. The standard InChI is InChI=1S/C8H13NO2/c1-2-3-4-6-5-8(6,9)7(10)11/h5H,2-4,9H2,1H3,(H,10,11)/t8-/m1/s1. The average molecular weight is 155 g/mol. The van der Waals surface area contributed by atoms with Crippen molar-refractivity contribution >= 4 is 5.97 Å². The van der Waals surface area contributed by atoms with Crippen LogP contribution in [0.1, 0.15) is 26.2 Å². The van der Waals surface area contributed by atoms with Gasteiger partial charge in [0.15, 0.2) is 5.54 Å². The highest BCUT2D eigenvalue weighted by Gasteiger charge is 2.46. The monoisotopic (exact) mass is 155 g/mol. The van der Waals surface area contributed by atoms with Gasteiger partial charge in [0.2, 0.25) is 0 Å². The van der Waals surface area contributed by atoms with E-state index in [0.717, 1.165) is 24.8 Å². The predicted octanol–water partition coefficient (Wildman–Crippen LogP) is 0.899. The maximum atomic E-state index is 10.5. The largest absolute Gasteiger partial charge is 0.479 e. The van der Waals surface area contributed by atoms with Crippen molar-refractivity contribution in [2.24, 2.45) is 5.73 Å². The molecule has 0 spiro atoms. The van der Waals surface area contributed by atoms with E-state index >= 15 is 0 Å². The van der Waals surface area contributed by atoms with Crippen LogP contribution < -0.4 is 5.73 Å². The topological polar surface area (TPSA) is 63.3 Å². The van der Waals surface area contributed by atoms with Gasteiger partial charge in [-0.05, 0) is 24.5 Å². The number of hydrogen-bond donors (Lipinski definition) is 2. The van der Waals surface area contributed by atoms with E-state index in [1.54, 1.807) is 6.08 Å². The quantitative estimate of drug-likeness (QED) is 0.593. The molecule has 1 rings (SSSR count). The number of unbranched alkanes of at least 4 members (excludes halogenated alkanes) is 1. The zero-order valence-electron chi connectivity index (χ0n) is 6.63. The molecule has 0 aromatic carbocycles. The van der Waals surface area contributed by atoms with E-state index in [1.807, 2.05) is 0 Å². The number of hydrogen-bond acceptors (Lipinski definition) is 2. The molecule has 3 heteroatoms. The van der Waals surface area contributed by atoms with Gasteiger partial charge in [-0.15, -0.1) is 0 Å². The van der Waals surface area contributed by atoms with Gasteiger partial charge in [0, 0.05) is 0 Å². The van der Waals surface area contributed by atoms with E-state index < -0.39 is 11.5 Å². The second-order valence-corrected chi connectivity index (χ2v) is 2.95. The zero-order valence-corrected chi connectivity index (χ0v) is 6.63. The molecule has 62 valence electrons. The Hall–Kier alpha value is -0.830. The van der Waals surface area contributed by atoms with Crippen molar-refractivity contribution in [1.29, 1.82) is 0 Å². The Morgan fingerprint density at radius 3 is 2.82 bits per heavy atom. The summed E-state index contributed by atoms with van der Waals surface area (Å²) < 4.78 is 0. The molecule has 11 heavy (non-hydrogen) atoms. The summed E-state index contributed by atoms with van der Waals surface area (Å²) in [4.78, 5) is 10.5. The molecule has 0 amide bonds. The van der Waals surface area contributed by atoms with Crippen molar-refractivity contribution in [3.63, 3.8) is 0 Å². The summed E-state index contributed by atoms with van der Waals surface area (Å²) in [5.41, 5.74) is 5.29. The SMILES string of the molecule is CCCCC1=C[C@]1(N)C(=O)O. The Balaban J connectivity index is 2.33. The highest BCUT2D eigenvalue weighted by molar-refractivity contribution is 5.92. The minimum absolute atomic E-state index is 0.833. The van der Waals surface area contributed by atoms with Crippen LogP contribution in [0.2, 0.25) is 0 Å². The van der Waals surface area contributed by atoms with Gasteiger partial charge >= 0.3 is 5.97 Å². The molecule has 3 nitrogen and oxygen atoms in total. The predicted molar refractivity (Wildman–Crippen MR) is 42.2 cm³/mol. The molecule has 0 bridgehead atoms. The van der Waals surface area contributed by atoms with Gasteiger partial charge in [0.25, 0.3) is 0 Å². The first-order valence-electron chi connectivity index (χ1n) is 3.85. The van der Waals surface area contributed by atoms with Crippen molar-refractivity contribution in [3.8, 4) is 0 Å². The molecule has 1 atom stereocenters. The fourth-order valence-corrected chi connectivity index (χ4v) is 1.08. The fraction of sp³-hybridized carbons (Fsp3) is 0.625. The van der Waals surface area contributed by atoms with Gasteiger partial charge in [-0.1, -0.05) is 13.3 Å². The summed E-state index contributed by atoms with van der Waals surface area (Å²) in [5.74, 6) is -0.927. The minimum atomic E-state index is -1.07. The highest BCUT2D eigenvalue weighted by Crippen LogP contribution is 2.35. The maximum Gasteiger partial charge on any atom is 0.332 e. The van der Waals surface area contributed by atoms with E-state index in [4.69, 9.17) is 10.8 Å². The molecule has 0 radical (unpaired) electrons. The van der Waals surface area contributed by atoms with Crippen molar-refractivity contribution in [1.82, 2.24) is 0 Å². The number of carboxylic acid groups (broad SMARTS) is 1. The molecule has 0 unspecified atom stereocenters. The Kier molecular flexibility index (Phi) is 2.00. The van der Waals surface area contributed by atoms with Crippen LogP contribution in [0.15, 0.2) is 11.6 Å². The van der Waals surface area contributed by atoms with Gasteiger partial charge in [0.1, 0.15) is 0 Å². The summed E-state index contributed by atoms with van der Waals surface area (Å²) in [5, 5.41) is 8.61. The van der Waals surface area contributed by atoms with Crippen LogP contribution in [-0.4, -0.2) is 16.6 Å². The molecule has 1 aliphatic carbocycles. The Bertz CT molecular complexity index is 210. The number of aliphatic carboxylic acids is 1. The van der Waals surface area contributed by atoms with E-state index in [9.17, 15) is 4.79 Å². The Morgan fingerprint density at radius 1 is 1.82 bits per heavy atom. The summed E-state index contributed by atoms with van der Waals surface area (Å²) in [6, 6.07) is 0. The lowest BCUT2D eigenvalue weighted by Gasteiger charge is -2.04. The van der Waals surface area contributed by atoms with E-state index in [1.165, 1.54) is 0 Å². The molecule has 1 aliphatic rings. The molecule has 0 aliphatic heterocycles. The van der Waals surface area contributed by atoms with Gasteiger partial charge in [-0.3, -0.25) is 0 Å². The van der Waals surface area contributed by atoms with Crippen LogP contribution >= 0.6 is 0 Å². The summed E-state index contributed by atoms with van der Waals surface area (Å²) in [6.45, 7) is 2.07. The van der Waals surface area contributed by atoms with Gasteiger partial charge in [-0.2, -0.15) is 0 Å². The smallest absolute Gasteiger partial charge is 0.332 e. The Labute approximate surface area is 65.9 Å². The molecule has 0 saturated heterocycles. The first-order chi connectivity index (χ1) is 5.11. The van der Waals surface area contributed by atoms with E-state index in [-0.39, 0.29) is 0 Å². The number of rotatable bonds is 4. The molecule has 0 aromatic rings. The summed E-state index contributed by atoms with van der Waals surface area (Å²) >= 11 is 0. The van der Waals surface area contributed by atoms with Crippen LogP contribution in [0, 0.1) is 0 Å². The number of carbonyl (C=O) groups is 1. The van der Waals surface area contributed by atoms with Gasteiger partial charge in [0.05, 0.1) is 0 Å². The third-order valence-electron chi connectivity index (χ3n) is 2.00. The van der Waals surface area contributed by atoms with Gasteiger partial charge < -0.3 is 10.8 Å². The summed E-state index contributed by atoms with van der Waals surface area (Å²) in [6.07, 6.45) is 4.56. The second-order valence-electron chi connectivity index (χ2n) is 2.95. The molecular weight excluding hydrogens is 142 g/mol. The maximum absolute atomic E-state index is 10.5. The second kappa shape index (κ2) is 2.66. The van der Waals surface area contributed by atoms with Crippen LogP contribution in [0.4, 0.5) is 0 Å². The molecule has 0 fully saturated rings. The first kappa shape index (κ1) is 8.27. The third kappa shape index (κ3) is 1.43. The Morgan fingerprint density at radius 2 is 2.45 bits per heavy atom. The van der Waals surface area contributed by atoms with Crippen molar-refractivity contribution < 1.29 is 9.90 Å². The lowest BCUT2D eigenvalue weighted by Crippen LogP contribution is -2.36. The summed E-state index contributed by atoms with van der Waals surface area (Å²) in [7, 11) is 0.